The Morgan fingerprint density at radius 3 is 2.26 bits per heavy atom. The summed E-state index contributed by atoms with van der Waals surface area (Å²) in [6, 6.07) is 12.9. The van der Waals surface area contributed by atoms with Crippen molar-refractivity contribution in [1.82, 2.24) is 5.32 Å². The molecule has 0 aliphatic heterocycles. The highest BCUT2D eigenvalue weighted by Crippen LogP contribution is 2.39. The van der Waals surface area contributed by atoms with E-state index in [1.54, 1.807) is 21.3 Å². The van der Waals surface area contributed by atoms with Crippen LogP contribution in [-0.4, -0.2) is 39.8 Å². The van der Waals surface area contributed by atoms with Gasteiger partial charge in [0.1, 0.15) is 0 Å². The van der Waals surface area contributed by atoms with Crippen LogP contribution in [-0.2, 0) is 17.6 Å². The van der Waals surface area contributed by atoms with E-state index in [0.717, 1.165) is 11.1 Å². The van der Waals surface area contributed by atoms with E-state index in [1.807, 2.05) is 42.5 Å². The molecule has 0 fully saturated rings. The summed E-state index contributed by atoms with van der Waals surface area (Å²) >= 11 is 0. The van der Waals surface area contributed by atoms with Gasteiger partial charge in [-0.2, -0.15) is 0 Å². The molecule has 2 aromatic carbocycles. The molecule has 1 atom stereocenters. The van der Waals surface area contributed by atoms with E-state index in [2.05, 4.69) is 5.32 Å². The normalized spacial score (nSPS) is 11.1. The first-order valence-electron chi connectivity index (χ1n) is 8.45. The number of hydrogen-bond donors (Lipinski definition) is 2. The molecule has 3 N–H and O–H groups in total. The van der Waals surface area contributed by atoms with E-state index >= 15 is 0 Å². The number of benzene rings is 2. The SMILES string of the molecule is COc1ccc(CCNC(=O)[C@@H](N)Cc2ccccc2)c(OC)c1OC.Cl. The minimum Gasteiger partial charge on any atom is -0.493 e. The highest BCUT2D eigenvalue weighted by atomic mass is 35.5. The summed E-state index contributed by atoms with van der Waals surface area (Å²) in [5, 5.41) is 2.88. The minimum atomic E-state index is -0.579. The molecule has 2 aromatic rings. The van der Waals surface area contributed by atoms with Crippen molar-refractivity contribution in [2.75, 3.05) is 27.9 Å². The number of halogens is 1. The molecular weight excluding hydrogens is 368 g/mol. The first-order valence-corrected chi connectivity index (χ1v) is 8.45. The zero-order valence-electron chi connectivity index (χ0n) is 15.9. The fourth-order valence-corrected chi connectivity index (χ4v) is 2.77. The van der Waals surface area contributed by atoms with Crippen molar-refractivity contribution in [3.63, 3.8) is 0 Å². The van der Waals surface area contributed by atoms with Gasteiger partial charge in [-0.1, -0.05) is 36.4 Å². The van der Waals surface area contributed by atoms with Crippen LogP contribution in [0.2, 0.25) is 0 Å². The Bertz CT molecular complexity index is 725. The third-order valence-electron chi connectivity index (χ3n) is 4.11. The van der Waals surface area contributed by atoms with Crippen molar-refractivity contribution < 1.29 is 19.0 Å². The minimum absolute atomic E-state index is 0. The molecule has 0 saturated heterocycles. The van der Waals surface area contributed by atoms with Crippen LogP contribution >= 0.6 is 12.4 Å². The average molecular weight is 395 g/mol. The van der Waals surface area contributed by atoms with Crippen LogP contribution in [0.5, 0.6) is 17.2 Å². The van der Waals surface area contributed by atoms with Crippen molar-refractivity contribution in [3.8, 4) is 17.2 Å². The van der Waals surface area contributed by atoms with Crippen molar-refractivity contribution in [3.05, 3.63) is 53.6 Å². The number of hydrogen-bond acceptors (Lipinski definition) is 5. The summed E-state index contributed by atoms with van der Waals surface area (Å²) in [5.74, 6) is 1.57. The van der Waals surface area contributed by atoms with Gasteiger partial charge >= 0.3 is 0 Å². The van der Waals surface area contributed by atoms with Gasteiger partial charge in [-0.15, -0.1) is 12.4 Å². The van der Waals surface area contributed by atoms with Gasteiger partial charge in [0.15, 0.2) is 11.5 Å². The second kappa shape index (κ2) is 11.3. The molecule has 0 aromatic heterocycles. The lowest BCUT2D eigenvalue weighted by atomic mass is 10.1. The third-order valence-corrected chi connectivity index (χ3v) is 4.11. The molecule has 0 spiro atoms. The van der Waals surface area contributed by atoms with E-state index in [1.165, 1.54) is 0 Å². The van der Waals surface area contributed by atoms with Crippen molar-refractivity contribution >= 4 is 18.3 Å². The summed E-state index contributed by atoms with van der Waals surface area (Å²) in [4.78, 5) is 12.2. The number of nitrogens with two attached hydrogens (primary N) is 1. The van der Waals surface area contributed by atoms with Crippen LogP contribution in [0.15, 0.2) is 42.5 Å². The number of methoxy groups -OCH3 is 3. The first kappa shape index (κ1) is 22.6. The quantitative estimate of drug-likeness (QED) is 0.682. The monoisotopic (exact) mass is 394 g/mol. The zero-order valence-corrected chi connectivity index (χ0v) is 16.7. The third kappa shape index (κ3) is 6.05. The molecule has 0 saturated carbocycles. The number of rotatable bonds is 9. The van der Waals surface area contributed by atoms with Gasteiger partial charge in [0.25, 0.3) is 0 Å². The van der Waals surface area contributed by atoms with Gasteiger partial charge in [0, 0.05) is 12.1 Å². The van der Waals surface area contributed by atoms with Crippen LogP contribution in [0.25, 0.3) is 0 Å². The van der Waals surface area contributed by atoms with Gasteiger partial charge < -0.3 is 25.3 Å². The molecule has 0 aliphatic rings. The Labute approximate surface area is 166 Å². The van der Waals surface area contributed by atoms with Crippen molar-refractivity contribution in [2.45, 2.75) is 18.9 Å². The lowest BCUT2D eigenvalue weighted by molar-refractivity contribution is -0.122. The van der Waals surface area contributed by atoms with Crippen LogP contribution in [0, 0.1) is 0 Å². The molecule has 0 aliphatic carbocycles. The Morgan fingerprint density at radius 2 is 1.67 bits per heavy atom. The lowest BCUT2D eigenvalue weighted by Crippen LogP contribution is -2.42. The number of carbonyl (C=O) groups is 1. The Morgan fingerprint density at radius 1 is 1.00 bits per heavy atom. The van der Waals surface area contributed by atoms with Gasteiger partial charge in [-0.05, 0) is 24.5 Å². The second-order valence-corrected chi connectivity index (χ2v) is 5.83. The molecule has 0 bridgehead atoms. The first-order chi connectivity index (χ1) is 12.6. The molecule has 27 heavy (non-hydrogen) atoms. The summed E-state index contributed by atoms with van der Waals surface area (Å²) in [5.41, 5.74) is 7.95. The predicted molar refractivity (Wildman–Crippen MR) is 108 cm³/mol. The molecule has 2 rings (SSSR count). The topological polar surface area (TPSA) is 82.8 Å². The fraction of sp³-hybridized carbons (Fsp3) is 0.350. The highest BCUT2D eigenvalue weighted by Gasteiger charge is 2.17. The molecule has 148 valence electrons. The molecule has 0 heterocycles. The smallest absolute Gasteiger partial charge is 0.237 e. The second-order valence-electron chi connectivity index (χ2n) is 5.83. The Kier molecular flexibility index (Phi) is 9.47. The number of carbonyl (C=O) groups excluding carboxylic acids is 1. The van der Waals surface area contributed by atoms with Crippen molar-refractivity contribution in [1.29, 1.82) is 0 Å². The van der Waals surface area contributed by atoms with Crippen LogP contribution < -0.4 is 25.3 Å². The highest BCUT2D eigenvalue weighted by molar-refractivity contribution is 5.85. The Hall–Kier alpha value is -2.44. The van der Waals surface area contributed by atoms with Gasteiger partial charge in [-0.25, -0.2) is 0 Å². The van der Waals surface area contributed by atoms with E-state index < -0.39 is 6.04 Å². The van der Waals surface area contributed by atoms with E-state index in [0.29, 0.717) is 36.6 Å². The standard InChI is InChI=1S/C20H26N2O4.ClH/c1-24-17-10-9-15(18(25-2)19(17)26-3)11-12-22-20(23)16(21)13-14-7-5-4-6-8-14;/h4-10,16H,11-13,21H2,1-3H3,(H,22,23);1H/t16-;/m0./s1. The Balaban J connectivity index is 0.00000364. The zero-order chi connectivity index (χ0) is 18.9. The summed E-state index contributed by atoms with van der Waals surface area (Å²) in [6.45, 7) is 0.452. The molecular formula is C20H27ClN2O4. The lowest BCUT2D eigenvalue weighted by Gasteiger charge is -2.16. The summed E-state index contributed by atoms with van der Waals surface area (Å²) in [7, 11) is 4.72. The van der Waals surface area contributed by atoms with E-state index in [-0.39, 0.29) is 18.3 Å². The maximum Gasteiger partial charge on any atom is 0.237 e. The number of ether oxygens (including phenoxy) is 3. The van der Waals surface area contributed by atoms with Crippen molar-refractivity contribution in [2.24, 2.45) is 5.73 Å². The van der Waals surface area contributed by atoms with E-state index in [9.17, 15) is 4.79 Å². The van der Waals surface area contributed by atoms with Gasteiger partial charge in [0.05, 0.1) is 27.4 Å². The van der Waals surface area contributed by atoms with E-state index in [4.69, 9.17) is 19.9 Å². The van der Waals surface area contributed by atoms with Gasteiger partial charge in [-0.3, -0.25) is 4.79 Å². The molecule has 1 amide bonds. The maximum absolute atomic E-state index is 12.2. The molecule has 0 unspecified atom stereocenters. The fourth-order valence-electron chi connectivity index (χ4n) is 2.77. The molecule has 6 nitrogen and oxygen atoms in total. The summed E-state index contributed by atoms with van der Waals surface area (Å²) in [6.07, 6.45) is 1.10. The number of amides is 1. The number of nitrogens with one attached hydrogen (secondary N) is 1. The van der Waals surface area contributed by atoms with Crippen LogP contribution in [0.4, 0.5) is 0 Å². The maximum atomic E-state index is 12.2. The predicted octanol–water partition coefficient (Wildman–Crippen LogP) is 2.36. The van der Waals surface area contributed by atoms with Crippen LogP contribution in [0.1, 0.15) is 11.1 Å². The average Bonchev–Trinajstić information content (AvgIpc) is 2.67. The molecule has 7 heteroatoms. The van der Waals surface area contributed by atoms with Crippen LogP contribution in [0.3, 0.4) is 0 Å². The van der Waals surface area contributed by atoms with Gasteiger partial charge in [0.2, 0.25) is 11.7 Å². The largest absolute Gasteiger partial charge is 0.493 e. The summed E-state index contributed by atoms with van der Waals surface area (Å²) < 4.78 is 16.1. The molecule has 0 radical (unpaired) electrons.